The van der Waals surface area contributed by atoms with Crippen molar-refractivity contribution < 1.29 is 12.8 Å². The van der Waals surface area contributed by atoms with Crippen LogP contribution in [0.4, 0.5) is 0 Å². The molecule has 0 radical (unpaired) electrons. The van der Waals surface area contributed by atoms with Crippen molar-refractivity contribution in [3.63, 3.8) is 0 Å². The summed E-state index contributed by atoms with van der Waals surface area (Å²) in [6.07, 6.45) is 2.69. The Bertz CT molecular complexity index is 699. The summed E-state index contributed by atoms with van der Waals surface area (Å²) in [6.45, 7) is 3.17. The zero-order valence-electron chi connectivity index (χ0n) is 13.0. The van der Waals surface area contributed by atoms with Crippen molar-refractivity contribution in [3.8, 4) is 0 Å². The van der Waals surface area contributed by atoms with Crippen LogP contribution in [0.1, 0.15) is 17.7 Å². The van der Waals surface area contributed by atoms with Gasteiger partial charge in [-0.3, -0.25) is 4.90 Å². The molecule has 1 aromatic heterocycles. The summed E-state index contributed by atoms with van der Waals surface area (Å²) in [5.74, 6) is 1.35. The van der Waals surface area contributed by atoms with E-state index >= 15 is 0 Å². The first-order chi connectivity index (χ1) is 11.1. The highest BCUT2D eigenvalue weighted by Gasteiger charge is 2.24. The number of rotatable bonds is 7. The van der Waals surface area contributed by atoms with Gasteiger partial charge in [-0.25, -0.2) is 13.1 Å². The molecule has 3 rings (SSSR count). The van der Waals surface area contributed by atoms with Crippen molar-refractivity contribution in [2.24, 2.45) is 5.92 Å². The summed E-state index contributed by atoms with van der Waals surface area (Å²) in [5.41, 5.74) is 0.811. The van der Waals surface area contributed by atoms with Crippen molar-refractivity contribution in [1.82, 2.24) is 9.62 Å². The number of sulfonamides is 1. The van der Waals surface area contributed by atoms with Crippen LogP contribution in [0.25, 0.3) is 0 Å². The van der Waals surface area contributed by atoms with Crippen molar-refractivity contribution in [3.05, 3.63) is 60.1 Å². The summed E-state index contributed by atoms with van der Waals surface area (Å²) in [6, 6.07) is 13.1. The molecule has 2 aromatic rings. The van der Waals surface area contributed by atoms with Crippen molar-refractivity contribution >= 4 is 10.0 Å². The predicted octanol–water partition coefficient (Wildman–Crippen LogP) is 2.22. The Labute approximate surface area is 137 Å². The molecule has 0 unspecified atom stereocenters. The monoisotopic (exact) mass is 334 g/mol. The van der Waals surface area contributed by atoms with Gasteiger partial charge in [0.25, 0.3) is 0 Å². The zero-order chi connectivity index (χ0) is 16.1. The highest BCUT2D eigenvalue weighted by Crippen LogP contribution is 2.18. The number of hydrogen-bond acceptors (Lipinski definition) is 4. The SMILES string of the molecule is O=S(=O)(Cc1ccccc1)NC[C@@H]1CCN(Cc2ccco2)C1. The van der Waals surface area contributed by atoms with Crippen LogP contribution in [-0.4, -0.2) is 33.0 Å². The van der Waals surface area contributed by atoms with Crippen LogP contribution < -0.4 is 4.72 Å². The average molecular weight is 334 g/mol. The van der Waals surface area contributed by atoms with E-state index in [9.17, 15) is 8.42 Å². The molecule has 0 spiro atoms. The van der Waals surface area contributed by atoms with E-state index in [1.165, 1.54) is 0 Å². The first kappa shape index (κ1) is 16.2. The smallest absolute Gasteiger partial charge is 0.215 e. The second-order valence-electron chi connectivity index (χ2n) is 6.06. The van der Waals surface area contributed by atoms with Gasteiger partial charge in [-0.1, -0.05) is 30.3 Å². The minimum absolute atomic E-state index is 0.0384. The van der Waals surface area contributed by atoms with E-state index in [1.807, 2.05) is 42.5 Å². The van der Waals surface area contributed by atoms with E-state index in [0.29, 0.717) is 12.5 Å². The fraction of sp³-hybridized carbons (Fsp3) is 0.412. The van der Waals surface area contributed by atoms with Crippen LogP contribution in [0.5, 0.6) is 0 Å². The van der Waals surface area contributed by atoms with Gasteiger partial charge in [0.05, 0.1) is 18.6 Å². The Hall–Kier alpha value is -1.63. The lowest BCUT2D eigenvalue weighted by Gasteiger charge is -2.15. The second-order valence-corrected chi connectivity index (χ2v) is 7.87. The Kier molecular flexibility index (Phi) is 5.15. The van der Waals surface area contributed by atoms with Crippen molar-refractivity contribution in [1.29, 1.82) is 0 Å². The summed E-state index contributed by atoms with van der Waals surface area (Å²) >= 11 is 0. The predicted molar refractivity (Wildman–Crippen MR) is 89.2 cm³/mol. The third-order valence-corrected chi connectivity index (χ3v) is 5.44. The quantitative estimate of drug-likeness (QED) is 0.843. The van der Waals surface area contributed by atoms with Crippen molar-refractivity contribution in [2.45, 2.75) is 18.7 Å². The van der Waals surface area contributed by atoms with Gasteiger partial charge in [-0.05, 0) is 36.6 Å². The number of nitrogens with one attached hydrogen (secondary N) is 1. The molecular weight excluding hydrogens is 312 g/mol. The number of likely N-dealkylation sites (tertiary alicyclic amines) is 1. The van der Waals surface area contributed by atoms with Crippen LogP contribution in [0.15, 0.2) is 53.1 Å². The van der Waals surface area contributed by atoms with E-state index in [-0.39, 0.29) is 5.75 Å². The van der Waals surface area contributed by atoms with Gasteiger partial charge >= 0.3 is 0 Å². The maximum atomic E-state index is 12.2. The molecule has 5 nitrogen and oxygen atoms in total. The standard InChI is InChI=1S/C17H22N2O3S/c20-23(21,14-15-5-2-1-3-6-15)18-11-16-8-9-19(12-16)13-17-7-4-10-22-17/h1-7,10,16,18H,8-9,11-14H2/t16-/m0/s1. The Morgan fingerprint density at radius 3 is 2.74 bits per heavy atom. The van der Waals surface area contributed by atoms with Gasteiger partial charge in [-0.2, -0.15) is 0 Å². The molecule has 1 saturated heterocycles. The molecule has 0 saturated carbocycles. The maximum absolute atomic E-state index is 12.2. The van der Waals surface area contributed by atoms with E-state index in [2.05, 4.69) is 9.62 Å². The van der Waals surface area contributed by atoms with Crippen LogP contribution in [-0.2, 0) is 22.3 Å². The van der Waals surface area contributed by atoms with Crippen LogP contribution >= 0.6 is 0 Å². The average Bonchev–Trinajstić information content (AvgIpc) is 3.18. The molecular formula is C17H22N2O3S. The minimum Gasteiger partial charge on any atom is -0.468 e. The molecule has 1 N–H and O–H groups in total. The molecule has 0 aliphatic carbocycles. The normalized spacial score (nSPS) is 19.2. The molecule has 1 aromatic carbocycles. The summed E-state index contributed by atoms with van der Waals surface area (Å²) in [4.78, 5) is 2.30. The Balaban J connectivity index is 1.45. The summed E-state index contributed by atoms with van der Waals surface area (Å²) in [5, 5.41) is 0. The van der Waals surface area contributed by atoms with E-state index in [1.54, 1.807) is 6.26 Å². The van der Waals surface area contributed by atoms with Crippen LogP contribution in [0.3, 0.4) is 0 Å². The fourth-order valence-corrected chi connectivity index (χ4v) is 4.16. The van der Waals surface area contributed by atoms with Gasteiger partial charge < -0.3 is 4.42 Å². The third kappa shape index (κ3) is 4.92. The Morgan fingerprint density at radius 1 is 1.17 bits per heavy atom. The topological polar surface area (TPSA) is 62.6 Å². The van der Waals surface area contributed by atoms with Crippen molar-refractivity contribution in [2.75, 3.05) is 19.6 Å². The van der Waals surface area contributed by atoms with Gasteiger partial charge in [-0.15, -0.1) is 0 Å². The maximum Gasteiger partial charge on any atom is 0.215 e. The first-order valence-electron chi connectivity index (χ1n) is 7.87. The molecule has 6 heteroatoms. The molecule has 0 amide bonds. The van der Waals surface area contributed by atoms with Gasteiger partial charge in [0.15, 0.2) is 0 Å². The molecule has 1 fully saturated rings. The zero-order valence-corrected chi connectivity index (χ0v) is 13.8. The lowest BCUT2D eigenvalue weighted by molar-refractivity contribution is 0.286. The summed E-state index contributed by atoms with van der Waals surface area (Å²) in [7, 11) is -3.28. The summed E-state index contributed by atoms with van der Waals surface area (Å²) < 4.78 is 32.4. The van der Waals surface area contributed by atoms with Gasteiger partial charge in [0, 0.05) is 13.1 Å². The first-order valence-corrected chi connectivity index (χ1v) is 9.52. The Morgan fingerprint density at radius 2 is 2.00 bits per heavy atom. The highest BCUT2D eigenvalue weighted by atomic mass is 32.2. The van der Waals surface area contributed by atoms with Gasteiger partial charge in [0.2, 0.25) is 10.0 Å². The second kappa shape index (κ2) is 7.29. The highest BCUT2D eigenvalue weighted by molar-refractivity contribution is 7.88. The van der Waals surface area contributed by atoms with E-state index in [4.69, 9.17) is 4.42 Å². The van der Waals surface area contributed by atoms with Crippen LogP contribution in [0.2, 0.25) is 0 Å². The molecule has 1 aliphatic heterocycles. The number of hydrogen-bond donors (Lipinski definition) is 1. The molecule has 124 valence electrons. The molecule has 1 atom stereocenters. The number of benzene rings is 1. The fourth-order valence-electron chi connectivity index (χ4n) is 2.94. The minimum atomic E-state index is -3.28. The number of furan rings is 1. The van der Waals surface area contributed by atoms with Gasteiger partial charge in [0.1, 0.15) is 5.76 Å². The molecule has 0 bridgehead atoms. The molecule has 1 aliphatic rings. The third-order valence-electron chi connectivity index (χ3n) is 4.12. The lowest BCUT2D eigenvalue weighted by atomic mass is 10.1. The van der Waals surface area contributed by atoms with E-state index in [0.717, 1.165) is 37.4 Å². The molecule has 2 heterocycles. The van der Waals surface area contributed by atoms with Crippen LogP contribution in [0, 0.1) is 5.92 Å². The van der Waals surface area contributed by atoms with E-state index < -0.39 is 10.0 Å². The largest absolute Gasteiger partial charge is 0.468 e. The lowest BCUT2D eigenvalue weighted by Crippen LogP contribution is -2.31. The molecule has 23 heavy (non-hydrogen) atoms. The number of nitrogens with zero attached hydrogens (tertiary/aromatic N) is 1.